The Bertz CT molecular complexity index is 417. The predicted octanol–water partition coefficient (Wildman–Crippen LogP) is 2.45. The van der Waals surface area contributed by atoms with Gasteiger partial charge in [-0.15, -0.1) is 0 Å². The third kappa shape index (κ3) is 2.43. The molecule has 0 spiro atoms. The van der Waals surface area contributed by atoms with Crippen LogP contribution in [-0.2, 0) is 6.54 Å². The summed E-state index contributed by atoms with van der Waals surface area (Å²) in [5.41, 5.74) is 2.45. The zero-order chi connectivity index (χ0) is 10.7. The molecule has 15 heavy (non-hydrogen) atoms. The van der Waals surface area contributed by atoms with Crippen molar-refractivity contribution in [2.75, 3.05) is 0 Å². The Balaban J connectivity index is 2.12. The molecule has 0 N–H and O–H groups in total. The molecule has 0 bridgehead atoms. The van der Waals surface area contributed by atoms with Crippen LogP contribution in [0, 0.1) is 0 Å². The summed E-state index contributed by atoms with van der Waals surface area (Å²) in [6.07, 6.45) is 7.68. The van der Waals surface area contributed by atoms with E-state index in [1.54, 1.807) is 6.20 Å². The highest BCUT2D eigenvalue weighted by Gasteiger charge is 2.02. The van der Waals surface area contributed by atoms with Gasteiger partial charge < -0.3 is 0 Å². The molecule has 0 amide bonds. The Labute approximate surface area is 89.8 Å². The smallest absolute Gasteiger partial charge is 0.0674 e. The largest absolute Gasteiger partial charge is 0.268 e. The summed E-state index contributed by atoms with van der Waals surface area (Å²) in [7, 11) is 0. The zero-order valence-electron chi connectivity index (χ0n) is 9.09. The molecule has 0 fully saturated rings. The van der Waals surface area contributed by atoms with E-state index in [1.165, 1.54) is 11.1 Å². The first-order valence-electron chi connectivity index (χ1n) is 5.17. The van der Waals surface area contributed by atoms with Crippen LogP contribution in [-0.4, -0.2) is 14.8 Å². The number of hydrogen-bond acceptors (Lipinski definition) is 2. The lowest BCUT2D eigenvalue weighted by Crippen LogP contribution is -1.99. The van der Waals surface area contributed by atoms with Crippen molar-refractivity contribution in [3.05, 3.63) is 48.0 Å². The SMILES string of the molecule is CC(C)c1cnn(Cc2cccnc2)c1. The van der Waals surface area contributed by atoms with Crippen LogP contribution in [0.3, 0.4) is 0 Å². The summed E-state index contributed by atoms with van der Waals surface area (Å²) in [6, 6.07) is 4.01. The Morgan fingerprint density at radius 3 is 2.80 bits per heavy atom. The van der Waals surface area contributed by atoms with Crippen molar-refractivity contribution in [3.8, 4) is 0 Å². The minimum atomic E-state index is 0.535. The Kier molecular flexibility index (Phi) is 2.81. The molecule has 0 atom stereocenters. The average molecular weight is 201 g/mol. The molecule has 2 rings (SSSR count). The highest BCUT2D eigenvalue weighted by atomic mass is 15.3. The summed E-state index contributed by atoms with van der Waals surface area (Å²) >= 11 is 0. The van der Waals surface area contributed by atoms with E-state index in [-0.39, 0.29) is 0 Å². The summed E-state index contributed by atoms with van der Waals surface area (Å²) in [5.74, 6) is 0.535. The van der Waals surface area contributed by atoms with Crippen LogP contribution in [0.2, 0.25) is 0 Å². The van der Waals surface area contributed by atoms with Gasteiger partial charge in [0.15, 0.2) is 0 Å². The first kappa shape index (κ1) is 9.90. The van der Waals surface area contributed by atoms with Gasteiger partial charge in [0.25, 0.3) is 0 Å². The van der Waals surface area contributed by atoms with Crippen molar-refractivity contribution in [2.45, 2.75) is 26.3 Å². The highest BCUT2D eigenvalue weighted by molar-refractivity contribution is 5.12. The molecule has 0 aliphatic heterocycles. The molecule has 2 aromatic heterocycles. The molecule has 2 aromatic rings. The fourth-order valence-electron chi connectivity index (χ4n) is 1.44. The Morgan fingerprint density at radius 1 is 1.33 bits per heavy atom. The molecule has 3 nitrogen and oxygen atoms in total. The summed E-state index contributed by atoms with van der Waals surface area (Å²) in [4.78, 5) is 4.08. The molecule has 2 heterocycles. The van der Waals surface area contributed by atoms with Crippen LogP contribution >= 0.6 is 0 Å². The van der Waals surface area contributed by atoms with Crippen molar-refractivity contribution < 1.29 is 0 Å². The Hall–Kier alpha value is -1.64. The molecule has 0 unspecified atom stereocenters. The molecule has 0 aliphatic rings. The normalized spacial score (nSPS) is 10.9. The molecule has 0 aromatic carbocycles. The van der Waals surface area contributed by atoms with Crippen LogP contribution in [0.25, 0.3) is 0 Å². The van der Waals surface area contributed by atoms with E-state index >= 15 is 0 Å². The second kappa shape index (κ2) is 4.26. The third-order valence-electron chi connectivity index (χ3n) is 2.39. The van der Waals surface area contributed by atoms with Crippen molar-refractivity contribution in [3.63, 3.8) is 0 Å². The van der Waals surface area contributed by atoms with Crippen molar-refractivity contribution in [1.82, 2.24) is 14.8 Å². The van der Waals surface area contributed by atoms with Crippen LogP contribution in [0.1, 0.15) is 30.9 Å². The summed E-state index contributed by atoms with van der Waals surface area (Å²) in [5, 5.41) is 4.32. The Morgan fingerprint density at radius 2 is 2.20 bits per heavy atom. The first-order valence-corrected chi connectivity index (χ1v) is 5.17. The van der Waals surface area contributed by atoms with Gasteiger partial charge in [-0.1, -0.05) is 19.9 Å². The minimum absolute atomic E-state index is 0.535. The van der Waals surface area contributed by atoms with Gasteiger partial charge in [-0.25, -0.2) is 0 Å². The van der Waals surface area contributed by atoms with E-state index in [4.69, 9.17) is 0 Å². The predicted molar refractivity (Wildman–Crippen MR) is 59.7 cm³/mol. The van der Waals surface area contributed by atoms with Gasteiger partial charge in [-0.05, 0) is 23.1 Å². The van der Waals surface area contributed by atoms with Gasteiger partial charge in [-0.3, -0.25) is 9.67 Å². The fourth-order valence-corrected chi connectivity index (χ4v) is 1.44. The second-order valence-corrected chi connectivity index (χ2v) is 3.99. The lowest BCUT2D eigenvalue weighted by atomic mass is 10.1. The maximum atomic E-state index is 4.32. The van der Waals surface area contributed by atoms with Crippen LogP contribution in [0.5, 0.6) is 0 Å². The summed E-state index contributed by atoms with van der Waals surface area (Å²) < 4.78 is 1.95. The number of hydrogen-bond donors (Lipinski definition) is 0. The number of nitrogens with zero attached hydrogens (tertiary/aromatic N) is 3. The number of aromatic nitrogens is 3. The van der Waals surface area contributed by atoms with Crippen LogP contribution in [0.4, 0.5) is 0 Å². The zero-order valence-corrected chi connectivity index (χ0v) is 9.09. The van der Waals surface area contributed by atoms with Gasteiger partial charge in [0.1, 0.15) is 0 Å². The standard InChI is InChI=1S/C12H15N3/c1-10(2)12-7-14-15(9-12)8-11-4-3-5-13-6-11/h3-7,9-10H,8H2,1-2H3. The molecule has 3 heteroatoms. The second-order valence-electron chi connectivity index (χ2n) is 3.99. The lowest BCUT2D eigenvalue weighted by Gasteiger charge is -2.01. The maximum Gasteiger partial charge on any atom is 0.0674 e. The van der Waals surface area contributed by atoms with E-state index in [0.717, 1.165) is 6.54 Å². The number of pyridine rings is 1. The molecular formula is C12H15N3. The van der Waals surface area contributed by atoms with E-state index in [2.05, 4.69) is 36.2 Å². The lowest BCUT2D eigenvalue weighted by molar-refractivity contribution is 0.683. The van der Waals surface area contributed by atoms with Gasteiger partial charge in [0.2, 0.25) is 0 Å². The average Bonchev–Trinajstić information content (AvgIpc) is 2.68. The molecule has 0 aliphatic carbocycles. The summed E-state index contributed by atoms with van der Waals surface area (Å²) in [6.45, 7) is 5.14. The van der Waals surface area contributed by atoms with Crippen molar-refractivity contribution >= 4 is 0 Å². The van der Waals surface area contributed by atoms with E-state index in [0.29, 0.717) is 5.92 Å². The first-order chi connectivity index (χ1) is 7.25. The molecule has 0 saturated heterocycles. The van der Waals surface area contributed by atoms with Crippen molar-refractivity contribution in [2.24, 2.45) is 0 Å². The van der Waals surface area contributed by atoms with Gasteiger partial charge in [0, 0.05) is 18.6 Å². The van der Waals surface area contributed by atoms with E-state index in [9.17, 15) is 0 Å². The highest BCUT2D eigenvalue weighted by Crippen LogP contribution is 2.12. The molecule has 0 radical (unpaired) electrons. The van der Waals surface area contributed by atoms with Gasteiger partial charge in [-0.2, -0.15) is 5.10 Å². The van der Waals surface area contributed by atoms with E-state index in [1.807, 2.05) is 23.1 Å². The van der Waals surface area contributed by atoms with Crippen molar-refractivity contribution in [1.29, 1.82) is 0 Å². The van der Waals surface area contributed by atoms with Gasteiger partial charge in [0.05, 0.1) is 12.7 Å². The monoisotopic (exact) mass is 201 g/mol. The molecular weight excluding hydrogens is 186 g/mol. The third-order valence-corrected chi connectivity index (χ3v) is 2.39. The topological polar surface area (TPSA) is 30.7 Å². The minimum Gasteiger partial charge on any atom is -0.268 e. The van der Waals surface area contributed by atoms with Crippen LogP contribution < -0.4 is 0 Å². The van der Waals surface area contributed by atoms with Gasteiger partial charge >= 0.3 is 0 Å². The molecule has 0 saturated carbocycles. The molecule has 78 valence electrons. The van der Waals surface area contributed by atoms with Crippen LogP contribution in [0.15, 0.2) is 36.9 Å². The van der Waals surface area contributed by atoms with E-state index < -0.39 is 0 Å². The maximum absolute atomic E-state index is 4.32. The quantitative estimate of drug-likeness (QED) is 0.763. The number of rotatable bonds is 3. The fraction of sp³-hybridized carbons (Fsp3) is 0.333.